The fourth-order valence-corrected chi connectivity index (χ4v) is 3.28. The molecule has 0 spiro atoms. The Morgan fingerprint density at radius 1 is 1.19 bits per heavy atom. The van der Waals surface area contributed by atoms with Crippen LogP contribution < -0.4 is 0 Å². The van der Waals surface area contributed by atoms with Crippen LogP contribution >= 0.6 is 11.6 Å². The van der Waals surface area contributed by atoms with Gasteiger partial charge in [0.25, 0.3) is 5.89 Å². The fourth-order valence-electron chi connectivity index (χ4n) is 2.98. The molecule has 0 aliphatic rings. The molecule has 2 heterocycles. The number of ether oxygens (including phenoxy) is 1. The summed E-state index contributed by atoms with van der Waals surface area (Å²) < 4.78 is 24.9. The summed E-state index contributed by atoms with van der Waals surface area (Å²) in [5.41, 5.74) is 2.98. The summed E-state index contributed by atoms with van der Waals surface area (Å²) in [4.78, 5) is 16.2. The molecule has 0 atom stereocenters. The van der Waals surface area contributed by atoms with Gasteiger partial charge >= 0.3 is 5.97 Å². The first kappa shape index (κ1) is 21.5. The minimum absolute atomic E-state index is 0.121. The van der Waals surface area contributed by atoms with E-state index in [-0.39, 0.29) is 24.1 Å². The van der Waals surface area contributed by atoms with Gasteiger partial charge in [-0.05, 0) is 42.8 Å². The summed E-state index contributed by atoms with van der Waals surface area (Å²) in [5.74, 6) is -0.562. The van der Waals surface area contributed by atoms with Crippen molar-refractivity contribution in [1.82, 2.24) is 19.9 Å². The number of carbonyl (C=O) groups is 1. The van der Waals surface area contributed by atoms with E-state index in [1.807, 2.05) is 37.3 Å². The maximum atomic E-state index is 13.0. The molecule has 162 valence electrons. The van der Waals surface area contributed by atoms with Gasteiger partial charge in [0.1, 0.15) is 11.0 Å². The highest BCUT2D eigenvalue weighted by atomic mass is 35.5. The summed E-state index contributed by atoms with van der Waals surface area (Å²) in [6, 6.07) is 15.5. The minimum Gasteiger partial charge on any atom is -0.452 e. The second kappa shape index (κ2) is 9.57. The third kappa shape index (κ3) is 5.09. The van der Waals surface area contributed by atoms with Gasteiger partial charge in [-0.15, -0.1) is 0 Å². The van der Waals surface area contributed by atoms with Gasteiger partial charge in [0.2, 0.25) is 5.82 Å². The van der Waals surface area contributed by atoms with Crippen molar-refractivity contribution < 1.29 is 18.4 Å². The lowest BCUT2D eigenvalue weighted by Gasteiger charge is -2.03. The highest BCUT2D eigenvalue weighted by molar-refractivity contribution is 6.31. The van der Waals surface area contributed by atoms with Crippen molar-refractivity contribution in [3.63, 3.8) is 0 Å². The van der Waals surface area contributed by atoms with Crippen LogP contribution in [0.5, 0.6) is 0 Å². The Balaban J connectivity index is 1.36. The number of esters is 1. The molecule has 0 aliphatic carbocycles. The number of aromatic nitrogens is 4. The van der Waals surface area contributed by atoms with Crippen molar-refractivity contribution in [2.75, 3.05) is 0 Å². The predicted molar refractivity (Wildman–Crippen MR) is 116 cm³/mol. The highest BCUT2D eigenvalue weighted by Crippen LogP contribution is 2.22. The molecule has 2 aromatic carbocycles. The van der Waals surface area contributed by atoms with Gasteiger partial charge in [-0.2, -0.15) is 10.1 Å². The molecule has 0 saturated carbocycles. The molecule has 9 heteroatoms. The Morgan fingerprint density at radius 3 is 2.69 bits per heavy atom. The van der Waals surface area contributed by atoms with Crippen LogP contribution in [0.4, 0.5) is 4.39 Å². The highest BCUT2D eigenvalue weighted by Gasteiger charge is 2.13. The van der Waals surface area contributed by atoms with Crippen LogP contribution in [0.15, 0.2) is 65.2 Å². The van der Waals surface area contributed by atoms with E-state index in [0.717, 1.165) is 5.56 Å². The number of benzene rings is 2. The molecule has 0 aliphatic heterocycles. The van der Waals surface area contributed by atoms with Crippen LogP contribution in [0, 0.1) is 12.7 Å². The molecule has 32 heavy (non-hydrogen) atoms. The van der Waals surface area contributed by atoms with Crippen LogP contribution in [-0.4, -0.2) is 25.9 Å². The van der Waals surface area contributed by atoms with Crippen LogP contribution in [0.1, 0.15) is 22.7 Å². The van der Waals surface area contributed by atoms with E-state index >= 15 is 0 Å². The second-order valence-corrected chi connectivity index (χ2v) is 7.25. The Morgan fingerprint density at radius 2 is 1.94 bits per heavy atom. The van der Waals surface area contributed by atoms with Crippen molar-refractivity contribution in [3.05, 3.63) is 94.4 Å². The average Bonchev–Trinajstić information content (AvgIpc) is 3.37. The molecular weight excluding hydrogens is 435 g/mol. The number of nitrogens with zero attached hydrogens (tertiary/aromatic N) is 4. The minimum atomic E-state index is -0.599. The topological polar surface area (TPSA) is 83.0 Å². The standard InChI is InChI=1S/C23H18ClFN4O3/c1-15-19(22(24)29(27-15)13-16-5-3-2-4-6-16)11-12-21(30)31-14-20-26-23(28-32-20)17-7-9-18(25)10-8-17/h2-12H,13-14H2,1H3/b12-11+. The van der Waals surface area contributed by atoms with Gasteiger partial charge < -0.3 is 9.26 Å². The maximum Gasteiger partial charge on any atom is 0.331 e. The number of rotatable bonds is 7. The molecule has 0 saturated heterocycles. The van der Waals surface area contributed by atoms with E-state index in [1.165, 1.54) is 30.3 Å². The van der Waals surface area contributed by atoms with Crippen LogP contribution in [0.25, 0.3) is 17.5 Å². The second-order valence-electron chi connectivity index (χ2n) is 6.89. The van der Waals surface area contributed by atoms with Crippen molar-refractivity contribution in [2.24, 2.45) is 0 Å². The molecule has 0 amide bonds. The predicted octanol–water partition coefficient (Wildman–Crippen LogP) is 4.84. The first-order chi connectivity index (χ1) is 15.5. The van der Waals surface area contributed by atoms with E-state index in [1.54, 1.807) is 10.8 Å². The quantitative estimate of drug-likeness (QED) is 0.295. The lowest BCUT2D eigenvalue weighted by molar-refractivity contribution is -0.139. The van der Waals surface area contributed by atoms with E-state index < -0.39 is 5.97 Å². The van der Waals surface area contributed by atoms with Crippen molar-refractivity contribution in [3.8, 4) is 11.4 Å². The maximum absolute atomic E-state index is 13.0. The average molecular weight is 453 g/mol. The number of halogens is 2. The SMILES string of the molecule is Cc1nn(Cc2ccccc2)c(Cl)c1/C=C/C(=O)OCc1nc(-c2ccc(F)cc2)no1. The van der Waals surface area contributed by atoms with Gasteiger partial charge in [-0.25, -0.2) is 13.9 Å². The largest absolute Gasteiger partial charge is 0.452 e. The zero-order valence-corrected chi connectivity index (χ0v) is 17.8. The molecular formula is C23H18ClFN4O3. The third-order valence-corrected chi connectivity index (χ3v) is 4.98. The number of aryl methyl sites for hydroxylation is 1. The zero-order valence-electron chi connectivity index (χ0n) is 17.0. The monoisotopic (exact) mass is 452 g/mol. The van der Waals surface area contributed by atoms with Crippen LogP contribution in [0.3, 0.4) is 0 Å². The molecule has 2 aromatic heterocycles. The smallest absolute Gasteiger partial charge is 0.331 e. The fraction of sp³-hybridized carbons (Fsp3) is 0.130. The van der Waals surface area contributed by atoms with Crippen molar-refractivity contribution >= 4 is 23.6 Å². The van der Waals surface area contributed by atoms with Gasteiger partial charge in [-0.1, -0.05) is 47.1 Å². The van der Waals surface area contributed by atoms with Crippen molar-refractivity contribution in [1.29, 1.82) is 0 Å². The van der Waals surface area contributed by atoms with E-state index in [4.69, 9.17) is 20.9 Å². The number of hydrogen-bond donors (Lipinski definition) is 0. The Kier molecular flexibility index (Phi) is 6.42. The number of carbonyl (C=O) groups excluding carboxylic acids is 1. The van der Waals surface area contributed by atoms with Gasteiger partial charge in [0.15, 0.2) is 6.61 Å². The third-order valence-electron chi connectivity index (χ3n) is 4.58. The number of hydrogen-bond acceptors (Lipinski definition) is 6. The first-order valence-electron chi connectivity index (χ1n) is 9.70. The molecule has 0 unspecified atom stereocenters. The van der Waals surface area contributed by atoms with Crippen LogP contribution in [0.2, 0.25) is 5.15 Å². The van der Waals surface area contributed by atoms with Crippen molar-refractivity contribution in [2.45, 2.75) is 20.1 Å². The van der Waals surface area contributed by atoms with Gasteiger partial charge in [0.05, 0.1) is 12.2 Å². The van der Waals surface area contributed by atoms with E-state index in [0.29, 0.717) is 28.5 Å². The first-order valence-corrected chi connectivity index (χ1v) is 10.1. The van der Waals surface area contributed by atoms with Crippen LogP contribution in [-0.2, 0) is 22.7 Å². The summed E-state index contributed by atoms with van der Waals surface area (Å²) in [7, 11) is 0. The normalized spacial score (nSPS) is 11.2. The molecule has 4 aromatic rings. The molecule has 0 bridgehead atoms. The lowest BCUT2D eigenvalue weighted by atomic mass is 10.2. The van der Waals surface area contributed by atoms with Gasteiger partial charge in [0, 0.05) is 17.2 Å². The summed E-state index contributed by atoms with van der Waals surface area (Å²) in [5, 5.41) is 8.67. The zero-order chi connectivity index (χ0) is 22.5. The van der Waals surface area contributed by atoms with E-state index in [9.17, 15) is 9.18 Å². The molecule has 0 N–H and O–H groups in total. The molecule has 7 nitrogen and oxygen atoms in total. The molecule has 0 radical (unpaired) electrons. The molecule has 4 rings (SSSR count). The Hall–Kier alpha value is -3.78. The summed E-state index contributed by atoms with van der Waals surface area (Å²) in [6.45, 7) is 2.14. The summed E-state index contributed by atoms with van der Waals surface area (Å²) in [6.07, 6.45) is 2.83. The lowest BCUT2D eigenvalue weighted by Crippen LogP contribution is -2.02. The Bertz CT molecular complexity index is 1250. The molecule has 0 fully saturated rings. The van der Waals surface area contributed by atoms with E-state index in [2.05, 4.69) is 15.2 Å². The Labute approximate surface area is 188 Å². The summed E-state index contributed by atoms with van der Waals surface area (Å²) >= 11 is 6.45. The van der Waals surface area contributed by atoms with Gasteiger partial charge in [-0.3, -0.25) is 0 Å².